The molecular formula is C39H44ClN5O8. The molecule has 280 valence electrons. The number of anilines is 2. The molecule has 13 nitrogen and oxygen atoms in total. The number of benzene rings is 3. The molecule has 53 heavy (non-hydrogen) atoms. The van der Waals surface area contributed by atoms with E-state index in [1.54, 1.807) is 64.5 Å². The van der Waals surface area contributed by atoms with E-state index in [0.29, 0.717) is 76.6 Å². The van der Waals surface area contributed by atoms with Crippen LogP contribution in [0.25, 0.3) is 10.9 Å². The lowest BCUT2D eigenvalue weighted by molar-refractivity contribution is -0.139. The largest absolute Gasteiger partial charge is 0.493 e. The van der Waals surface area contributed by atoms with Crippen molar-refractivity contribution in [1.82, 2.24) is 15.3 Å². The van der Waals surface area contributed by atoms with Gasteiger partial charge in [-0.2, -0.15) is 4.98 Å². The smallest absolute Gasteiger partial charge is 0.336 e. The van der Waals surface area contributed by atoms with Gasteiger partial charge in [0.25, 0.3) is 0 Å². The Balaban J connectivity index is 1.41. The Hall–Kier alpha value is -5.37. The second kappa shape index (κ2) is 18.4. The third-order valence-corrected chi connectivity index (χ3v) is 8.98. The van der Waals surface area contributed by atoms with Crippen LogP contribution in [-0.2, 0) is 35.1 Å². The molecule has 0 radical (unpaired) electrons. The lowest BCUT2D eigenvalue weighted by Gasteiger charge is -2.32. The summed E-state index contributed by atoms with van der Waals surface area (Å²) in [7, 11) is 4.39. The van der Waals surface area contributed by atoms with Crippen molar-refractivity contribution >= 4 is 46.2 Å². The van der Waals surface area contributed by atoms with E-state index < -0.39 is 17.9 Å². The molecule has 1 aliphatic rings. The Morgan fingerprint density at radius 1 is 0.868 bits per heavy atom. The molecule has 5 rings (SSSR count). The minimum Gasteiger partial charge on any atom is -0.493 e. The van der Waals surface area contributed by atoms with Gasteiger partial charge in [0.15, 0.2) is 11.5 Å². The van der Waals surface area contributed by atoms with Crippen LogP contribution in [0.3, 0.4) is 0 Å². The lowest BCUT2D eigenvalue weighted by atomic mass is 9.80. The first kappa shape index (κ1) is 38.9. The Kier molecular flexibility index (Phi) is 13.5. The first-order valence-corrected chi connectivity index (χ1v) is 17.4. The topological polar surface area (TPSA) is 157 Å². The van der Waals surface area contributed by atoms with Gasteiger partial charge >= 0.3 is 11.9 Å². The fraction of sp³-hybridized carbons (Fsp3) is 0.333. The molecular weight excluding hydrogens is 702 g/mol. The number of halogens is 1. The fourth-order valence-corrected chi connectivity index (χ4v) is 6.31. The van der Waals surface area contributed by atoms with E-state index in [2.05, 4.69) is 10.3 Å². The standard InChI is InChI=1S/C39H44ClN5O8/c1-6-53-38(47)35-30(42-24(2)33(37(46)50-5)34(35)26-14-10-11-15-28(26)40)23-52-19-17-45(16-18-51-22-25-12-8-7-9-13-25)39-43-29-21-32(49-4)31(48-3)20-27(29)36(41)44-39/h7-15,20-21,34,42H,6,16-19,22-23H2,1-5H3,(H2,41,43,44)/t34-/m0/s1. The normalized spacial score (nSPS) is 14.2. The summed E-state index contributed by atoms with van der Waals surface area (Å²) in [4.78, 5) is 38.1. The quantitative estimate of drug-likeness (QED) is 0.102. The second-order valence-corrected chi connectivity index (χ2v) is 12.3. The van der Waals surface area contributed by atoms with Crippen molar-refractivity contribution in [2.24, 2.45) is 0 Å². The van der Waals surface area contributed by atoms with Crippen LogP contribution in [0, 0.1) is 0 Å². The van der Waals surface area contributed by atoms with E-state index in [4.69, 9.17) is 50.7 Å². The molecule has 0 aliphatic carbocycles. The van der Waals surface area contributed by atoms with Crippen molar-refractivity contribution in [2.75, 3.05) is 71.5 Å². The van der Waals surface area contributed by atoms with Crippen molar-refractivity contribution in [1.29, 1.82) is 0 Å². The number of carbonyl (C=O) groups excluding carboxylic acids is 2. The van der Waals surface area contributed by atoms with Crippen LogP contribution in [0.15, 0.2) is 89.3 Å². The molecule has 0 bridgehead atoms. The number of methoxy groups -OCH3 is 3. The summed E-state index contributed by atoms with van der Waals surface area (Å²) in [6.07, 6.45) is 0. The maximum absolute atomic E-state index is 13.6. The summed E-state index contributed by atoms with van der Waals surface area (Å²) in [5.74, 6) is -0.414. The predicted octanol–water partition coefficient (Wildman–Crippen LogP) is 5.57. The van der Waals surface area contributed by atoms with Crippen LogP contribution in [0.5, 0.6) is 11.5 Å². The van der Waals surface area contributed by atoms with Gasteiger partial charge in [-0.25, -0.2) is 14.6 Å². The number of hydrogen-bond donors (Lipinski definition) is 2. The number of fused-ring (bicyclic) bond motifs is 1. The van der Waals surface area contributed by atoms with E-state index in [0.717, 1.165) is 5.56 Å². The number of aromatic nitrogens is 2. The van der Waals surface area contributed by atoms with Crippen LogP contribution in [0.4, 0.5) is 11.8 Å². The third-order valence-electron chi connectivity index (χ3n) is 8.63. The van der Waals surface area contributed by atoms with Gasteiger partial charge in [0.05, 0.1) is 82.6 Å². The Morgan fingerprint density at radius 3 is 2.19 bits per heavy atom. The molecule has 3 aromatic carbocycles. The number of dihydropyridines is 1. The fourth-order valence-electron chi connectivity index (χ4n) is 6.07. The molecule has 4 aromatic rings. The van der Waals surface area contributed by atoms with Gasteiger partial charge < -0.3 is 44.4 Å². The number of hydrogen-bond acceptors (Lipinski definition) is 13. The van der Waals surface area contributed by atoms with E-state index in [1.807, 2.05) is 35.2 Å². The highest BCUT2D eigenvalue weighted by molar-refractivity contribution is 6.31. The first-order valence-electron chi connectivity index (χ1n) is 17.0. The number of carbonyl (C=O) groups is 2. The van der Waals surface area contributed by atoms with Crippen molar-refractivity contribution < 1.29 is 38.0 Å². The zero-order valence-corrected chi connectivity index (χ0v) is 31.2. The van der Waals surface area contributed by atoms with Crippen molar-refractivity contribution in [3.05, 3.63) is 105 Å². The molecule has 1 aromatic heterocycles. The van der Waals surface area contributed by atoms with Crippen LogP contribution in [0.2, 0.25) is 5.02 Å². The number of ether oxygens (including phenoxy) is 6. The van der Waals surface area contributed by atoms with Gasteiger partial charge in [-0.3, -0.25) is 0 Å². The van der Waals surface area contributed by atoms with Crippen LogP contribution < -0.4 is 25.4 Å². The molecule has 0 spiro atoms. The SMILES string of the molecule is CCOC(=O)C1=C(COCCN(CCOCc2ccccc2)c2nc(N)c3cc(OC)c(OC)cc3n2)NC(C)=C(C(=O)OC)[C@@H]1c1ccccc1Cl. The highest BCUT2D eigenvalue weighted by Gasteiger charge is 2.39. The molecule has 1 aliphatic heterocycles. The van der Waals surface area contributed by atoms with Gasteiger partial charge in [0, 0.05) is 35.3 Å². The first-order chi connectivity index (χ1) is 25.7. The van der Waals surface area contributed by atoms with E-state index in [1.165, 1.54) is 7.11 Å². The highest BCUT2D eigenvalue weighted by atomic mass is 35.5. The monoisotopic (exact) mass is 745 g/mol. The second-order valence-electron chi connectivity index (χ2n) is 11.9. The Labute approximate surface area is 313 Å². The maximum atomic E-state index is 13.6. The van der Waals surface area contributed by atoms with E-state index in [9.17, 15) is 9.59 Å². The summed E-state index contributed by atoms with van der Waals surface area (Å²) in [5, 5.41) is 4.21. The maximum Gasteiger partial charge on any atom is 0.336 e. The number of allylic oxidation sites excluding steroid dienone is 1. The zero-order chi connectivity index (χ0) is 37.9. The molecule has 3 N–H and O–H groups in total. The predicted molar refractivity (Wildman–Crippen MR) is 202 cm³/mol. The van der Waals surface area contributed by atoms with E-state index >= 15 is 0 Å². The number of rotatable bonds is 17. The molecule has 14 heteroatoms. The van der Waals surface area contributed by atoms with Gasteiger partial charge in [-0.15, -0.1) is 0 Å². The van der Waals surface area contributed by atoms with Gasteiger partial charge in [0.1, 0.15) is 5.82 Å². The van der Waals surface area contributed by atoms with Gasteiger partial charge in [0.2, 0.25) is 5.95 Å². The summed E-state index contributed by atoms with van der Waals surface area (Å²) in [5.41, 5.74) is 10.0. The Bertz CT molecular complexity index is 1990. The summed E-state index contributed by atoms with van der Waals surface area (Å²) < 4.78 is 33.8. The molecule has 1 atom stereocenters. The van der Waals surface area contributed by atoms with Crippen molar-refractivity contribution in [3.63, 3.8) is 0 Å². The molecule has 0 unspecified atom stereocenters. The molecule has 0 saturated heterocycles. The number of nitrogens with zero attached hydrogens (tertiary/aromatic N) is 3. The molecule has 2 heterocycles. The minimum atomic E-state index is -0.863. The average Bonchev–Trinajstić information content (AvgIpc) is 3.16. The molecule has 0 amide bonds. The van der Waals surface area contributed by atoms with Crippen molar-refractivity contribution in [2.45, 2.75) is 26.4 Å². The summed E-state index contributed by atoms with van der Waals surface area (Å²) in [6.45, 7) is 5.30. The van der Waals surface area contributed by atoms with Crippen LogP contribution in [0.1, 0.15) is 30.9 Å². The number of nitrogen functional groups attached to an aromatic ring is 1. The zero-order valence-electron chi connectivity index (χ0n) is 30.4. The number of nitrogens with one attached hydrogen (secondary N) is 1. The number of nitrogens with two attached hydrogens (primary N) is 1. The average molecular weight is 746 g/mol. The van der Waals surface area contributed by atoms with Crippen molar-refractivity contribution in [3.8, 4) is 11.5 Å². The summed E-state index contributed by atoms with van der Waals surface area (Å²) in [6, 6.07) is 20.4. The highest BCUT2D eigenvalue weighted by Crippen LogP contribution is 2.42. The van der Waals surface area contributed by atoms with Gasteiger partial charge in [-0.05, 0) is 37.1 Å². The third kappa shape index (κ3) is 9.17. The van der Waals surface area contributed by atoms with Gasteiger partial charge in [-0.1, -0.05) is 60.1 Å². The number of esters is 2. The molecule has 0 saturated carbocycles. The van der Waals surface area contributed by atoms with E-state index in [-0.39, 0.29) is 36.8 Å². The Morgan fingerprint density at radius 2 is 1.53 bits per heavy atom. The minimum absolute atomic E-state index is 0.0169. The lowest BCUT2D eigenvalue weighted by Crippen LogP contribution is -2.36. The van der Waals surface area contributed by atoms with Crippen LogP contribution >= 0.6 is 11.6 Å². The summed E-state index contributed by atoms with van der Waals surface area (Å²) >= 11 is 6.65. The van der Waals surface area contributed by atoms with Crippen LogP contribution in [-0.4, -0.2) is 82.8 Å². The molecule has 0 fully saturated rings.